The molecule has 3 nitrogen and oxygen atoms in total. The summed E-state index contributed by atoms with van der Waals surface area (Å²) in [5, 5.41) is 2.97. The monoisotopic (exact) mass is 193 g/mol. The number of nitrogens with one attached hydrogen (secondary N) is 1. The third-order valence-electron chi connectivity index (χ3n) is 2.80. The Balaban J connectivity index is 2.19. The van der Waals surface area contributed by atoms with Crippen molar-refractivity contribution in [1.29, 1.82) is 0 Å². The third-order valence-corrected chi connectivity index (χ3v) is 2.80. The van der Waals surface area contributed by atoms with E-state index in [1.807, 2.05) is 19.1 Å². The zero-order chi connectivity index (χ0) is 10.1. The van der Waals surface area contributed by atoms with Gasteiger partial charge in [0.05, 0.1) is 12.6 Å². The van der Waals surface area contributed by atoms with Crippen LogP contribution in [-0.2, 0) is 9.53 Å². The van der Waals surface area contributed by atoms with Gasteiger partial charge in [-0.1, -0.05) is 13.0 Å². The minimum atomic E-state index is 0.124. The quantitative estimate of drug-likeness (QED) is 0.719. The molecule has 2 atom stereocenters. The summed E-state index contributed by atoms with van der Waals surface area (Å²) in [5.41, 5.74) is 1.19. The highest BCUT2D eigenvalue weighted by Gasteiger charge is 2.34. The van der Waals surface area contributed by atoms with Gasteiger partial charge in [-0.05, 0) is 18.6 Å². The van der Waals surface area contributed by atoms with Crippen molar-refractivity contribution in [2.24, 2.45) is 5.92 Å². The minimum Gasteiger partial charge on any atom is -0.498 e. The predicted molar refractivity (Wildman–Crippen MR) is 53.5 cm³/mol. The first kappa shape index (κ1) is 9.31. The highest BCUT2D eigenvalue weighted by atomic mass is 16.5. The maximum absolute atomic E-state index is 11.2. The normalized spacial score (nSPS) is 30.3. The van der Waals surface area contributed by atoms with Crippen molar-refractivity contribution >= 4 is 5.91 Å². The Bertz CT molecular complexity index is 317. The number of rotatable bonds is 2. The van der Waals surface area contributed by atoms with E-state index >= 15 is 0 Å². The van der Waals surface area contributed by atoms with Crippen LogP contribution in [0.15, 0.2) is 23.5 Å². The second kappa shape index (κ2) is 3.48. The van der Waals surface area contributed by atoms with Crippen molar-refractivity contribution in [3.05, 3.63) is 23.5 Å². The number of hydrogen-bond acceptors (Lipinski definition) is 2. The van der Waals surface area contributed by atoms with Gasteiger partial charge in [0.15, 0.2) is 0 Å². The van der Waals surface area contributed by atoms with Crippen LogP contribution in [0.25, 0.3) is 0 Å². The standard InChI is InChI=1S/C11H15NO2/c1-3-14-9-5-4-8-6-10(13)12-11(8)7(9)2/h4-5,7,11H,3,6H2,1-2H3,(H,12,13). The molecule has 1 saturated heterocycles. The molecule has 1 amide bonds. The Kier molecular flexibility index (Phi) is 2.32. The van der Waals surface area contributed by atoms with Gasteiger partial charge in [-0.3, -0.25) is 4.79 Å². The number of hydrogen-bond donors (Lipinski definition) is 1. The highest BCUT2D eigenvalue weighted by Crippen LogP contribution is 2.31. The molecule has 3 heteroatoms. The number of carbonyl (C=O) groups excluding carboxylic acids is 1. The fourth-order valence-corrected chi connectivity index (χ4v) is 2.07. The summed E-state index contributed by atoms with van der Waals surface area (Å²) < 4.78 is 5.50. The summed E-state index contributed by atoms with van der Waals surface area (Å²) in [5.74, 6) is 1.36. The van der Waals surface area contributed by atoms with Crippen LogP contribution in [0.5, 0.6) is 0 Å². The van der Waals surface area contributed by atoms with Gasteiger partial charge < -0.3 is 10.1 Å². The Labute approximate surface area is 83.8 Å². The molecule has 0 radical (unpaired) electrons. The van der Waals surface area contributed by atoms with Crippen molar-refractivity contribution in [2.75, 3.05) is 6.61 Å². The lowest BCUT2D eigenvalue weighted by Gasteiger charge is -2.26. The topological polar surface area (TPSA) is 38.3 Å². The zero-order valence-electron chi connectivity index (χ0n) is 8.54. The summed E-state index contributed by atoms with van der Waals surface area (Å²) in [4.78, 5) is 11.2. The molecule has 0 aromatic carbocycles. The average molecular weight is 193 g/mol. The lowest BCUT2D eigenvalue weighted by Crippen LogP contribution is -2.34. The molecule has 2 aliphatic rings. The summed E-state index contributed by atoms with van der Waals surface area (Å²) in [6.07, 6.45) is 4.54. The van der Waals surface area contributed by atoms with Crippen molar-refractivity contribution in [3.63, 3.8) is 0 Å². The van der Waals surface area contributed by atoms with E-state index in [1.165, 1.54) is 5.57 Å². The number of carbonyl (C=O) groups is 1. The van der Waals surface area contributed by atoms with Gasteiger partial charge in [0.25, 0.3) is 0 Å². The van der Waals surface area contributed by atoms with Gasteiger partial charge in [-0.2, -0.15) is 0 Å². The maximum atomic E-state index is 11.2. The van der Waals surface area contributed by atoms with E-state index in [0.29, 0.717) is 13.0 Å². The SMILES string of the molecule is CCOC1=CC=C2CC(=O)NC2C1C. The van der Waals surface area contributed by atoms with Crippen LogP contribution < -0.4 is 5.32 Å². The lowest BCUT2D eigenvalue weighted by atomic mass is 9.89. The molecule has 2 unspecified atom stereocenters. The predicted octanol–water partition coefficient (Wildman–Crippen LogP) is 1.37. The van der Waals surface area contributed by atoms with E-state index in [9.17, 15) is 4.79 Å². The van der Waals surface area contributed by atoms with Crippen LogP contribution in [0.4, 0.5) is 0 Å². The maximum Gasteiger partial charge on any atom is 0.224 e. The van der Waals surface area contributed by atoms with Crippen LogP contribution in [0.3, 0.4) is 0 Å². The molecular formula is C11H15NO2. The smallest absolute Gasteiger partial charge is 0.224 e. The average Bonchev–Trinajstić information content (AvgIpc) is 2.52. The molecule has 0 aromatic rings. The van der Waals surface area contributed by atoms with Gasteiger partial charge in [-0.15, -0.1) is 0 Å². The van der Waals surface area contributed by atoms with Crippen molar-refractivity contribution in [2.45, 2.75) is 26.3 Å². The second-order valence-electron chi connectivity index (χ2n) is 3.75. The first-order valence-electron chi connectivity index (χ1n) is 5.05. The molecule has 1 fully saturated rings. The van der Waals surface area contributed by atoms with E-state index in [4.69, 9.17) is 4.74 Å². The van der Waals surface area contributed by atoms with Gasteiger partial charge in [0.2, 0.25) is 5.91 Å². The number of amides is 1. The molecule has 2 rings (SSSR count). The summed E-state index contributed by atoms with van der Waals surface area (Å²) in [6, 6.07) is 0.161. The minimum absolute atomic E-state index is 0.124. The Morgan fingerprint density at radius 3 is 3.07 bits per heavy atom. The molecule has 0 aromatic heterocycles. The molecule has 1 aliphatic carbocycles. The Morgan fingerprint density at radius 1 is 1.57 bits per heavy atom. The van der Waals surface area contributed by atoms with Crippen LogP contribution in [-0.4, -0.2) is 18.6 Å². The van der Waals surface area contributed by atoms with Crippen molar-refractivity contribution in [1.82, 2.24) is 5.32 Å². The van der Waals surface area contributed by atoms with Gasteiger partial charge in [-0.25, -0.2) is 0 Å². The molecule has 76 valence electrons. The molecule has 0 saturated carbocycles. The van der Waals surface area contributed by atoms with Gasteiger partial charge >= 0.3 is 0 Å². The van der Waals surface area contributed by atoms with Crippen LogP contribution in [0.1, 0.15) is 20.3 Å². The zero-order valence-corrected chi connectivity index (χ0v) is 8.54. The number of fused-ring (bicyclic) bond motifs is 1. The number of allylic oxidation sites excluding steroid dienone is 2. The summed E-state index contributed by atoms with van der Waals surface area (Å²) in [6.45, 7) is 4.74. The summed E-state index contributed by atoms with van der Waals surface area (Å²) >= 11 is 0. The van der Waals surface area contributed by atoms with Crippen molar-refractivity contribution in [3.8, 4) is 0 Å². The van der Waals surface area contributed by atoms with Crippen LogP contribution >= 0.6 is 0 Å². The molecule has 0 spiro atoms. The molecule has 1 heterocycles. The second-order valence-corrected chi connectivity index (χ2v) is 3.75. The van der Waals surface area contributed by atoms with E-state index in [-0.39, 0.29) is 17.9 Å². The fourth-order valence-electron chi connectivity index (χ4n) is 2.07. The van der Waals surface area contributed by atoms with Crippen LogP contribution in [0, 0.1) is 5.92 Å². The third kappa shape index (κ3) is 1.43. The molecule has 0 bridgehead atoms. The lowest BCUT2D eigenvalue weighted by molar-refractivity contribution is -0.119. The van der Waals surface area contributed by atoms with E-state index in [2.05, 4.69) is 12.2 Å². The first-order valence-corrected chi connectivity index (χ1v) is 5.05. The van der Waals surface area contributed by atoms with Gasteiger partial charge in [0, 0.05) is 12.3 Å². The van der Waals surface area contributed by atoms with E-state index in [1.54, 1.807) is 0 Å². The first-order chi connectivity index (χ1) is 6.72. The van der Waals surface area contributed by atoms with Crippen LogP contribution in [0.2, 0.25) is 0 Å². The summed E-state index contributed by atoms with van der Waals surface area (Å²) in [7, 11) is 0. The van der Waals surface area contributed by atoms with Crippen molar-refractivity contribution < 1.29 is 9.53 Å². The molecule has 14 heavy (non-hydrogen) atoms. The largest absolute Gasteiger partial charge is 0.498 e. The fraction of sp³-hybridized carbons (Fsp3) is 0.545. The Hall–Kier alpha value is -1.25. The highest BCUT2D eigenvalue weighted by molar-refractivity contribution is 5.83. The van der Waals surface area contributed by atoms with Gasteiger partial charge in [0.1, 0.15) is 5.76 Å². The molecular weight excluding hydrogens is 178 g/mol. The van der Waals surface area contributed by atoms with E-state index in [0.717, 1.165) is 5.76 Å². The number of ether oxygens (including phenoxy) is 1. The Morgan fingerprint density at radius 2 is 2.36 bits per heavy atom. The molecule has 1 N–H and O–H groups in total. The molecule has 1 aliphatic heterocycles. The van der Waals surface area contributed by atoms with E-state index < -0.39 is 0 Å².